The second-order valence-corrected chi connectivity index (χ2v) is 10.0. The van der Waals surface area contributed by atoms with Crippen LogP contribution in [-0.2, 0) is 19.1 Å². The maximum Gasteiger partial charge on any atom is 0.416 e. The molecule has 0 unspecified atom stereocenters. The molecule has 8 heteroatoms. The summed E-state index contributed by atoms with van der Waals surface area (Å²) in [5, 5.41) is 2.63. The minimum absolute atomic E-state index is 0.147. The van der Waals surface area contributed by atoms with Gasteiger partial charge in [0.1, 0.15) is 0 Å². The van der Waals surface area contributed by atoms with Gasteiger partial charge < -0.3 is 11.1 Å². The van der Waals surface area contributed by atoms with Crippen LogP contribution in [-0.4, -0.2) is 29.7 Å². The number of aryl methyl sites for hydroxylation is 2. The molecule has 1 amide bonds. The lowest BCUT2D eigenvalue weighted by molar-refractivity contribution is -0.138. The van der Waals surface area contributed by atoms with Gasteiger partial charge in [0.2, 0.25) is 0 Å². The molecule has 2 aromatic rings. The fourth-order valence-electron chi connectivity index (χ4n) is 4.26. The highest BCUT2D eigenvalue weighted by Gasteiger charge is 2.34. The summed E-state index contributed by atoms with van der Waals surface area (Å²) in [6.07, 6.45) is 3.68. The van der Waals surface area contributed by atoms with Crippen molar-refractivity contribution in [3.63, 3.8) is 0 Å². The van der Waals surface area contributed by atoms with E-state index in [1.807, 2.05) is 45.6 Å². The quantitative estimate of drug-likeness (QED) is 0.136. The Morgan fingerprint density at radius 3 is 2.07 bits per heavy atom. The van der Waals surface area contributed by atoms with Gasteiger partial charge in [-0.1, -0.05) is 72.8 Å². The van der Waals surface area contributed by atoms with Crippen LogP contribution in [0.15, 0.2) is 65.8 Å². The SMILES string of the molecule is C=C/C(=C\N=C(C)N)CC.CC.CCCc1ccc(C(=O)Nc2ccc(CN(CCC)CCC)c(C(F)(F)F)c2)cc1C. The van der Waals surface area contributed by atoms with Crippen LogP contribution >= 0.6 is 0 Å². The van der Waals surface area contributed by atoms with Crippen LogP contribution in [0.1, 0.15) is 107 Å². The van der Waals surface area contributed by atoms with Crippen LogP contribution in [0.5, 0.6) is 0 Å². The fraction of sp³-hybridized carbons (Fsp3) is 0.486. The molecule has 3 N–H and O–H groups in total. The molecule has 0 saturated carbocycles. The summed E-state index contributed by atoms with van der Waals surface area (Å²) in [5.74, 6) is 0.165. The van der Waals surface area contributed by atoms with Gasteiger partial charge in [-0.25, -0.2) is 4.99 Å². The van der Waals surface area contributed by atoms with Gasteiger partial charge in [-0.2, -0.15) is 13.2 Å². The largest absolute Gasteiger partial charge is 0.416 e. The number of nitrogens with one attached hydrogen (secondary N) is 1. The Kier molecular flexibility index (Phi) is 19.6. The van der Waals surface area contributed by atoms with E-state index in [-0.39, 0.29) is 17.8 Å². The maximum absolute atomic E-state index is 13.7. The standard InChI is InChI=1S/C25H33F3N2O.C8H14N2.C2H6/c1-5-8-19-9-10-20(15-18(19)4)24(31)29-22-12-11-21(23(16-22)25(26,27)28)17-30(13-6-2)14-7-3;1-4-8(5-2)6-10-7(3)9;1-2/h9-12,15-16H,5-8,13-14,17H2,1-4H3,(H,29,31);4,6H,1,5H2,2-3H3,(H2,9,10);1-2H3/b;8-6+;. The van der Waals surface area contributed by atoms with Gasteiger partial charge in [-0.15, -0.1) is 0 Å². The number of amides is 1. The van der Waals surface area contributed by atoms with Crippen LogP contribution in [0, 0.1) is 6.92 Å². The van der Waals surface area contributed by atoms with Crippen molar-refractivity contribution in [1.29, 1.82) is 0 Å². The molecule has 0 spiro atoms. The highest BCUT2D eigenvalue weighted by atomic mass is 19.4. The first kappa shape index (κ1) is 39.6. The molecule has 0 aliphatic rings. The molecule has 43 heavy (non-hydrogen) atoms. The number of hydrogen-bond donors (Lipinski definition) is 2. The van der Waals surface area contributed by atoms with Gasteiger partial charge in [0.05, 0.1) is 11.4 Å². The van der Waals surface area contributed by atoms with E-state index in [0.717, 1.165) is 62.4 Å². The van der Waals surface area contributed by atoms with E-state index < -0.39 is 17.6 Å². The third-order valence-corrected chi connectivity index (χ3v) is 6.38. The third kappa shape index (κ3) is 15.1. The number of aliphatic imine (C=N–C) groups is 1. The molecule has 0 aliphatic carbocycles. The van der Waals surface area contributed by atoms with E-state index in [4.69, 9.17) is 5.73 Å². The van der Waals surface area contributed by atoms with E-state index in [2.05, 4.69) is 30.7 Å². The zero-order chi connectivity index (χ0) is 33.0. The molecule has 0 atom stereocenters. The summed E-state index contributed by atoms with van der Waals surface area (Å²) >= 11 is 0. The Labute approximate surface area is 258 Å². The molecule has 0 fully saturated rings. The van der Waals surface area contributed by atoms with Crippen LogP contribution in [0.3, 0.4) is 0 Å². The van der Waals surface area contributed by atoms with E-state index in [9.17, 15) is 18.0 Å². The van der Waals surface area contributed by atoms with E-state index in [1.165, 1.54) is 11.6 Å². The van der Waals surface area contributed by atoms with Crippen molar-refractivity contribution < 1.29 is 18.0 Å². The number of halogens is 3. The Morgan fingerprint density at radius 2 is 1.60 bits per heavy atom. The minimum atomic E-state index is -4.49. The van der Waals surface area contributed by atoms with Crippen molar-refractivity contribution in [2.75, 3.05) is 18.4 Å². The van der Waals surface area contributed by atoms with E-state index in [0.29, 0.717) is 11.4 Å². The number of nitrogens with zero attached hydrogens (tertiary/aromatic N) is 2. The zero-order valence-corrected chi connectivity index (χ0v) is 27.5. The van der Waals surface area contributed by atoms with Crippen molar-refractivity contribution >= 4 is 17.4 Å². The number of benzene rings is 2. The van der Waals surface area contributed by atoms with Gasteiger partial charge in [-0.3, -0.25) is 9.69 Å². The van der Waals surface area contributed by atoms with Crippen molar-refractivity contribution in [2.24, 2.45) is 10.7 Å². The Hall–Kier alpha value is -3.39. The Morgan fingerprint density at radius 1 is 1.00 bits per heavy atom. The molecule has 0 bridgehead atoms. The molecule has 2 rings (SSSR count). The van der Waals surface area contributed by atoms with Gasteiger partial charge in [-0.05, 0) is 99.1 Å². The lowest BCUT2D eigenvalue weighted by Gasteiger charge is -2.23. The molecular formula is C35H53F3N4O. The van der Waals surface area contributed by atoms with Gasteiger partial charge in [0.15, 0.2) is 0 Å². The van der Waals surface area contributed by atoms with Crippen molar-refractivity contribution in [3.8, 4) is 0 Å². The van der Waals surface area contributed by atoms with Gasteiger partial charge in [0.25, 0.3) is 5.91 Å². The first-order valence-corrected chi connectivity index (χ1v) is 15.3. The van der Waals surface area contributed by atoms with Crippen LogP contribution < -0.4 is 11.1 Å². The number of allylic oxidation sites excluding steroid dienone is 2. The minimum Gasteiger partial charge on any atom is -0.387 e. The van der Waals surface area contributed by atoms with Crippen LogP contribution in [0.2, 0.25) is 0 Å². The van der Waals surface area contributed by atoms with Crippen molar-refractivity contribution in [3.05, 3.63) is 88.6 Å². The summed E-state index contributed by atoms with van der Waals surface area (Å²) in [6, 6.07) is 9.49. The summed E-state index contributed by atoms with van der Waals surface area (Å²) in [6.45, 7) is 21.2. The number of anilines is 1. The Bertz CT molecular complexity index is 1180. The van der Waals surface area contributed by atoms with Crippen molar-refractivity contribution in [1.82, 2.24) is 4.90 Å². The average Bonchev–Trinajstić information content (AvgIpc) is 2.96. The smallest absolute Gasteiger partial charge is 0.387 e. The summed E-state index contributed by atoms with van der Waals surface area (Å²) in [5.41, 5.74) is 8.72. The number of alkyl halides is 3. The molecule has 2 aromatic carbocycles. The molecule has 5 nitrogen and oxygen atoms in total. The zero-order valence-electron chi connectivity index (χ0n) is 27.5. The Balaban J connectivity index is 0.00000124. The molecule has 240 valence electrons. The topological polar surface area (TPSA) is 70.7 Å². The monoisotopic (exact) mass is 602 g/mol. The first-order chi connectivity index (χ1) is 20.4. The maximum atomic E-state index is 13.7. The molecule has 0 radical (unpaired) electrons. The highest BCUT2D eigenvalue weighted by Crippen LogP contribution is 2.34. The lowest BCUT2D eigenvalue weighted by atomic mass is 10.0. The van der Waals surface area contributed by atoms with Crippen molar-refractivity contribution in [2.45, 2.75) is 100 Å². The summed E-state index contributed by atoms with van der Waals surface area (Å²) < 4.78 is 41.2. The molecular weight excluding hydrogens is 549 g/mol. The second kappa shape index (κ2) is 21.3. The fourth-order valence-corrected chi connectivity index (χ4v) is 4.26. The number of carbonyl (C=O) groups is 1. The highest BCUT2D eigenvalue weighted by molar-refractivity contribution is 6.04. The average molecular weight is 603 g/mol. The van der Waals surface area contributed by atoms with Gasteiger partial charge >= 0.3 is 6.18 Å². The first-order valence-electron chi connectivity index (χ1n) is 15.3. The normalized spacial score (nSPS) is 11.7. The second-order valence-electron chi connectivity index (χ2n) is 10.0. The summed E-state index contributed by atoms with van der Waals surface area (Å²) in [4.78, 5) is 18.6. The number of amidine groups is 1. The molecule has 0 heterocycles. The van der Waals surface area contributed by atoms with Crippen LogP contribution in [0.25, 0.3) is 0 Å². The number of carbonyl (C=O) groups excluding carboxylic acids is 1. The third-order valence-electron chi connectivity index (χ3n) is 6.38. The van der Waals surface area contributed by atoms with Crippen LogP contribution in [0.4, 0.5) is 18.9 Å². The molecule has 0 aromatic heterocycles. The number of rotatable bonds is 13. The van der Waals surface area contributed by atoms with Gasteiger partial charge in [0, 0.05) is 24.0 Å². The predicted molar refractivity (Wildman–Crippen MR) is 178 cm³/mol. The lowest BCUT2D eigenvalue weighted by Crippen LogP contribution is -2.26. The number of hydrogen-bond acceptors (Lipinski definition) is 3. The predicted octanol–water partition coefficient (Wildman–Crippen LogP) is 9.71. The molecule has 0 aliphatic heterocycles. The number of nitrogens with two attached hydrogens (primary N) is 1. The van der Waals surface area contributed by atoms with E-state index >= 15 is 0 Å². The summed E-state index contributed by atoms with van der Waals surface area (Å²) in [7, 11) is 0. The molecule has 0 saturated heterocycles. The van der Waals surface area contributed by atoms with E-state index in [1.54, 1.807) is 37.4 Å².